The van der Waals surface area contributed by atoms with Crippen LogP contribution in [0, 0.1) is 0 Å². The highest BCUT2D eigenvalue weighted by atomic mass is 35.5. The van der Waals surface area contributed by atoms with Gasteiger partial charge >= 0.3 is 5.97 Å². The molecule has 1 amide bonds. The molecule has 160 valence electrons. The van der Waals surface area contributed by atoms with Crippen molar-refractivity contribution in [1.29, 1.82) is 0 Å². The number of fused-ring (bicyclic) bond motifs is 1. The maximum absolute atomic E-state index is 13.2. The Morgan fingerprint density at radius 3 is 2.33 bits per heavy atom. The molecule has 3 rings (SSSR count). The Kier molecular flexibility index (Phi) is 6.49. The third-order valence-electron chi connectivity index (χ3n) is 5.47. The van der Waals surface area contributed by atoms with E-state index in [0.717, 1.165) is 29.5 Å². The number of hydrogen-bond acceptors (Lipinski definition) is 3. The van der Waals surface area contributed by atoms with Crippen LogP contribution in [0.3, 0.4) is 0 Å². The summed E-state index contributed by atoms with van der Waals surface area (Å²) >= 11 is 12.3. The van der Waals surface area contributed by atoms with Gasteiger partial charge in [-0.25, -0.2) is 0 Å². The van der Waals surface area contributed by atoms with Gasteiger partial charge < -0.3 is 9.64 Å². The van der Waals surface area contributed by atoms with Crippen LogP contribution in [0.15, 0.2) is 42.5 Å². The molecule has 0 saturated carbocycles. The zero-order valence-electron chi connectivity index (χ0n) is 17.8. The minimum Gasteiger partial charge on any atom is -0.459 e. The largest absolute Gasteiger partial charge is 0.459 e. The molecule has 0 heterocycles. The smallest absolute Gasteiger partial charge is 0.326 e. The van der Waals surface area contributed by atoms with Crippen LogP contribution in [0.4, 0.5) is 0 Å². The molecule has 0 fully saturated rings. The van der Waals surface area contributed by atoms with Crippen molar-refractivity contribution in [3.8, 4) is 0 Å². The van der Waals surface area contributed by atoms with E-state index in [2.05, 4.69) is 0 Å². The lowest BCUT2D eigenvalue weighted by Crippen LogP contribution is -2.40. The lowest BCUT2D eigenvalue weighted by molar-refractivity contribution is -0.158. The van der Waals surface area contributed by atoms with Crippen molar-refractivity contribution in [3.05, 3.63) is 69.2 Å². The maximum Gasteiger partial charge on any atom is 0.326 e. The van der Waals surface area contributed by atoms with Gasteiger partial charge in [0.25, 0.3) is 0 Å². The second kappa shape index (κ2) is 8.60. The van der Waals surface area contributed by atoms with Gasteiger partial charge in [-0.05, 0) is 74.6 Å². The van der Waals surface area contributed by atoms with E-state index >= 15 is 0 Å². The predicted octanol–water partition coefficient (Wildman–Crippen LogP) is 5.42. The molecule has 1 aliphatic carbocycles. The van der Waals surface area contributed by atoms with Crippen molar-refractivity contribution in [1.82, 2.24) is 4.90 Å². The van der Waals surface area contributed by atoms with E-state index in [1.54, 1.807) is 7.05 Å². The molecule has 0 unspecified atom stereocenters. The van der Waals surface area contributed by atoms with Gasteiger partial charge in [0.05, 0.1) is 0 Å². The Morgan fingerprint density at radius 1 is 1.07 bits per heavy atom. The topological polar surface area (TPSA) is 46.6 Å². The van der Waals surface area contributed by atoms with Gasteiger partial charge in [0.15, 0.2) is 0 Å². The molecule has 0 radical (unpaired) electrons. The molecule has 0 saturated heterocycles. The predicted molar refractivity (Wildman–Crippen MR) is 120 cm³/mol. The van der Waals surface area contributed by atoms with Crippen LogP contribution in [-0.2, 0) is 26.2 Å². The fourth-order valence-electron chi connectivity index (χ4n) is 4.12. The molecule has 2 aromatic rings. The first kappa shape index (κ1) is 22.6. The second-order valence-electron chi connectivity index (χ2n) is 8.90. The van der Waals surface area contributed by atoms with Crippen LogP contribution in [0.5, 0.6) is 0 Å². The molecule has 0 aromatic heterocycles. The summed E-state index contributed by atoms with van der Waals surface area (Å²) in [6.45, 7) is 5.34. The highest BCUT2D eigenvalue weighted by molar-refractivity contribution is 6.31. The summed E-state index contributed by atoms with van der Waals surface area (Å²) in [6.07, 6.45) is 1.88. The summed E-state index contributed by atoms with van der Waals surface area (Å²) in [5.41, 5.74) is 2.22. The van der Waals surface area contributed by atoms with Crippen molar-refractivity contribution >= 4 is 35.1 Å². The molecule has 6 heteroatoms. The van der Waals surface area contributed by atoms with Crippen LogP contribution in [-0.4, -0.2) is 36.0 Å². The lowest BCUT2D eigenvalue weighted by Gasteiger charge is -2.33. The van der Waals surface area contributed by atoms with Crippen LogP contribution >= 0.6 is 23.2 Å². The minimum atomic E-state index is -0.588. The molecule has 1 atom stereocenters. The molecule has 30 heavy (non-hydrogen) atoms. The molecule has 0 spiro atoms. The number of benzene rings is 2. The first-order valence-corrected chi connectivity index (χ1v) is 10.8. The van der Waals surface area contributed by atoms with E-state index < -0.39 is 17.0 Å². The van der Waals surface area contributed by atoms with Crippen molar-refractivity contribution in [2.45, 2.75) is 51.0 Å². The molecule has 4 nitrogen and oxygen atoms in total. The third kappa shape index (κ3) is 4.98. The Bertz CT molecular complexity index is 950. The second-order valence-corrected chi connectivity index (χ2v) is 9.78. The molecule has 2 aromatic carbocycles. The Balaban J connectivity index is 1.89. The monoisotopic (exact) mass is 447 g/mol. The van der Waals surface area contributed by atoms with E-state index in [1.165, 1.54) is 4.90 Å². The summed E-state index contributed by atoms with van der Waals surface area (Å²) in [6, 6.07) is 13.5. The van der Waals surface area contributed by atoms with Crippen LogP contribution in [0.1, 0.15) is 50.3 Å². The average Bonchev–Trinajstić information content (AvgIpc) is 2.99. The Labute approximate surface area is 188 Å². The normalized spacial score (nSPS) is 18.1. The quantitative estimate of drug-likeness (QED) is 0.575. The van der Waals surface area contributed by atoms with Crippen molar-refractivity contribution in [2.75, 3.05) is 13.6 Å². The van der Waals surface area contributed by atoms with Crippen LogP contribution in [0.25, 0.3) is 0 Å². The molecular formula is C24H27Cl2NO3. The maximum atomic E-state index is 13.2. The van der Waals surface area contributed by atoms with E-state index in [-0.39, 0.29) is 18.9 Å². The number of rotatable bonds is 5. The van der Waals surface area contributed by atoms with Gasteiger partial charge in [-0.2, -0.15) is 0 Å². The van der Waals surface area contributed by atoms with Gasteiger partial charge in [-0.3, -0.25) is 9.59 Å². The summed E-state index contributed by atoms with van der Waals surface area (Å²) in [5, 5.41) is 1.34. The number of carbonyl (C=O) groups is 2. The summed E-state index contributed by atoms with van der Waals surface area (Å²) in [7, 11) is 1.64. The Morgan fingerprint density at radius 2 is 1.70 bits per heavy atom. The van der Waals surface area contributed by atoms with Gasteiger partial charge in [-0.1, -0.05) is 41.4 Å². The number of esters is 1. The number of ether oxygens (including phenoxy) is 1. The number of amides is 1. The Hall–Kier alpha value is -2.04. The van der Waals surface area contributed by atoms with Crippen LogP contribution in [0.2, 0.25) is 10.0 Å². The summed E-state index contributed by atoms with van der Waals surface area (Å²) < 4.78 is 5.36. The van der Waals surface area contributed by atoms with Crippen molar-refractivity contribution < 1.29 is 14.3 Å². The van der Waals surface area contributed by atoms with Gasteiger partial charge in [0.1, 0.15) is 12.1 Å². The molecule has 1 aliphatic rings. The first-order chi connectivity index (χ1) is 14.0. The summed E-state index contributed by atoms with van der Waals surface area (Å²) in [5.74, 6) is -0.531. The zero-order chi connectivity index (χ0) is 22.1. The van der Waals surface area contributed by atoms with Gasteiger partial charge in [0.2, 0.25) is 5.91 Å². The van der Waals surface area contributed by atoms with E-state index in [4.69, 9.17) is 27.9 Å². The first-order valence-electron chi connectivity index (χ1n) is 10.0. The standard InChI is InChI=1S/C24H27Cl2NO3/c1-23(2,3)30-22(29)15-27(4)21(28)14-24(17-5-7-18(25)8-6-17)12-11-16-13-19(26)9-10-20(16)24/h5-10,13H,11-12,14-15H2,1-4H3/t24-/m0/s1. The zero-order valence-corrected chi connectivity index (χ0v) is 19.3. The molecule has 0 N–H and O–H groups in total. The highest BCUT2D eigenvalue weighted by Gasteiger charge is 2.42. The SMILES string of the molecule is CN(CC(=O)OC(C)(C)C)C(=O)C[C@]1(c2ccc(Cl)cc2)CCc2cc(Cl)ccc21. The highest BCUT2D eigenvalue weighted by Crippen LogP contribution is 2.47. The number of halogens is 2. The minimum absolute atomic E-state index is 0.0831. The van der Waals surface area contributed by atoms with Gasteiger partial charge in [0, 0.05) is 28.9 Å². The van der Waals surface area contributed by atoms with E-state index in [9.17, 15) is 9.59 Å². The van der Waals surface area contributed by atoms with E-state index in [0.29, 0.717) is 10.0 Å². The van der Waals surface area contributed by atoms with Crippen molar-refractivity contribution in [2.24, 2.45) is 0 Å². The lowest BCUT2D eigenvalue weighted by atomic mass is 9.72. The number of nitrogens with zero attached hydrogens (tertiary/aromatic N) is 1. The summed E-state index contributed by atoms with van der Waals surface area (Å²) in [4.78, 5) is 26.8. The molecule has 0 bridgehead atoms. The molecular weight excluding hydrogens is 421 g/mol. The van der Waals surface area contributed by atoms with Crippen LogP contribution < -0.4 is 0 Å². The number of carbonyl (C=O) groups excluding carboxylic acids is 2. The van der Waals surface area contributed by atoms with Crippen molar-refractivity contribution in [3.63, 3.8) is 0 Å². The average molecular weight is 448 g/mol. The molecule has 0 aliphatic heterocycles. The fourth-order valence-corrected chi connectivity index (χ4v) is 4.44. The number of aryl methyl sites for hydroxylation is 1. The van der Waals surface area contributed by atoms with Gasteiger partial charge in [-0.15, -0.1) is 0 Å². The number of likely N-dealkylation sites (N-methyl/N-ethyl adjacent to an activating group) is 1. The number of hydrogen-bond donors (Lipinski definition) is 0. The van der Waals surface area contributed by atoms with E-state index in [1.807, 2.05) is 63.2 Å². The fraction of sp³-hybridized carbons (Fsp3) is 0.417. The third-order valence-corrected chi connectivity index (χ3v) is 5.95.